The van der Waals surface area contributed by atoms with Crippen molar-refractivity contribution >= 4 is 28.8 Å². The van der Waals surface area contributed by atoms with E-state index >= 15 is 0 Å². The number of anilines is 1. The van der Waals surface area contributed by atoms with Gasteiger partial charge in [-0.1, -0.05) is 0 Å². The maximum Gasteiger partial charge on any atom is 0.224 e. The third kappa shape index (κ3) is 1.99. The first kappa shape index (κ1) is 11.9. The van der Waals surface area contributed by atoms with Crippen molar-refractivity contribution in [3.8, 4) is 0 Å². The molecule has 2 aromatic heterocycles. The second-order valence-electron chi connectivity index (χ2n) is 4.57. The van der Waals surface area contributed by atoms with Crippen LogP contribution in [0.15, 0.2) is 17.5 Å². The summed E-state index contributed by atoms with van der Waals surface area (Å²) in [7, 11) is 0. The fourth-order valence-electron chi connectivity index (χ4n) is 2.47. The van der Waals surface area contributed by atoms with E-state index in [2.05, 4.69) is 33.2 Å². The first-order valence-corrected chi connectivity index (χ1v) is 7.25. The number of fused-ring (bicyclic) bond motifs is 1. The van der Waals surface area contributed by atoms with Crippen LogP contribution in [0.1, 0.15) is 29.1 Å². The Balaban J connectivity index is 1.99. The molecule has 1 unspecified atom stereocenters. The van der Waals surface area contributed by atoms with Gasteiger partial charge < -0.3 is 4.90 Å². The van der Waals surface area contributed by atoms with Crippen molar-refractivity contribution in [2.24, 2.45) is 0 Å². The average Bonchev–Trinajstić information content (AvgIpc) is 2.77. The molecule has 5 heteroatoms. The largest absolute Gasteiger partial charge is 0.349 e. The van der Waals surface area contributed by atoms with E-state index in [9.17, 15) is 0 Å². The standard InChI is InChI=1S/C13H14ClN3S/c1-8-7-11(16-13(14)15-8)17-5-3-10-4-6-18-12(10)9(17)2/h4,6-7,9H,3,5H2,1-2H3. The van der Waals surface area contributed by atoms with E-state index in [0.717, 1.165) is 24.5 Å². The lowest BCUT2D eigenvalue weighted by Gasteiger charge is -2.34. The van der Waals surface area contributed by atoms with E-state index in [1.54, 1.807) is 0 Å². The highest BCUT2D eigenvalue weighted by atomic mass is 35.5. The monoisotopic (exact) mass is 279 g/mol. The van der Waals surface area contributed by atoms with Crippen molar-refractivity contribution < 1.29 is 0 Å². The molecule has 0 saturated carbocycles. The molecule has 2 aromatic rings. The molecule has 0 radical (unpaired) electrons. The van der Waals surface area contributed by atoms with Gasteiger partial charge in [0.15, 0.2) is 0 Å². The molecule has 3 heterocycles. The number of thiophene rings is 1. The lowest BCUT2D eigenvalue weighted by Crippen LogP contribution is -2.33. The molecule has 94 valence electrons. The van der Waals surface area contributed by atoms with E-state index in [4.69, 9.17) is 11.6 Å². The number of hydrogen-bond donors (Lipinski definition) is 0. The summed E-state index contributed by atoms with van der Waals surface area (Å²) in [6, 6.07) is 4.59. The van der Waals surface area contributed by atoms with Gasteiger partial charge >= 0.3 is 0 Å². The molecule has 0 fully saturated rings. The van der Waals surface area contributed by atoms with E-state index in [1.807, 2.05) is 24.3 Å². The van der Waals surface area contributed by atoms with Crippen LogP contribution in [-0.4, -0.2) is 16.5 Å². The van der Waals surface area contributed by atoms with Gasteiger partial charge in [-0.25, -0.2) is 9.97 Å². The van der Waals surface area contributed by atoms with Crippen LogP contribution in [0.2, 0.25) is 5.28 Å². The maximum absolute atomic E-state index is 5.95. The van der Waals surface area contributed by atoms with E-state index in [1.165, 1.54) is 10.4 Å². The normalized spacial score (nSPS) is 18.8. The average molecular weight is 280 g/mol. The molecule has 0 aliphatic carbocycles. The molecule has 0 amide bonds. The number of halogens is 1. The summed E-state index contributed by atoms with van der Waals surface area (Å²) in [5, 5.41) is 2.50. The van der Waals surface area contributed by atoms with Gasteiger partial charge in [-0.2, -0.15) is 0 Å². The van der Waals surface area contributed by atoms with Gasteiger partial charge in [0.2, 0.25) is 5.28 Å². The van der Waals surface area contributed by atoms with Crippen LogP contribution in [0, 0.1) is 6.92 Å². The number of aryl methyl sites for hydroxylation is 1. The van der Waals surface area contributed by atoms with Crippen molar-refractivity contribution in [1.29, 1.82) is 0 Å². The Bertz CT molecular complexity index is 561. The summed E-state index contributed by atoms with van der Waals surface area (Å²) in [6.07, 6.45) is 1.07. The minimum Gasteiger partial charge on any atom is -0.349 e. The number of hydrogen-bond acceptors (Lipinski definition) is 4. The zero-order chi connectivity index (χ0) is 12.7. The Labute approximate surface area is 115 Å². The van der Waals surface area contributed by atoms with Gasteiger partial charge in [-0.15, -0.1) is 11.3 Å². The fraction of sp³-hybridized carbons (Fsp3) is 0.385. The summed E-state index contributed by atoms with van der Waals surface area (Å²) >= 11 is 7.77. The molecular formula is C13H14ClN3S. The van der Waals surface area contributed by atoms with E-state index in [-0.39, 0.29) is 0 Å². The summed E-state index contributed by atoms with van der Waals surface area (Å²) in [5.74, 6) is 0.930. The molecule has 0 saturated heterocycles. The van der Waals surface area contributed by atoms with Gasteiger partial charge in [0.25, 0.3) is 0 Å². The molecule has 3 rings (SSSR count). The van der Waals surface area contributed by atoms with Crippen molar-refractivity contribution in [3.63, 3.8) is 0 Å². The molecule has 1 atom stereocenters. The third-order valence-electron chi connectivity index (χ3n) is 3.36. The van der Waals surface area contributed by atoms with Crippen molar-refractivity contribution in [1.82, 2.24) is 9.97 Å². The maximum atomic E-state index is 5.95. The van der Waals surface area contributed by atoms with Crippen LogP contribution >= 0.6 is 22.9 Å². The van der Waals surface area contributed by atoms with Crippen LogP contribution in [0.25, 0.3) is 0 Å². The molecular weight excluding hydrogens is 266 g/mol. The Kier molecular flexibility index (Phi) is 2.99. The molecule has 18 heavy (non-hydrogen) atoms. The predicted octanol–water partition coefficient (Wildman–Crippen LogP) is 3.62. The SMILES string of the molecule is Cc1cc(N2CCc3ccsc3C2C)nc(Cl)n1. The van der Waals surface area contributed by atoms with Gasteiger partial charge in [0.1, 0.15) is 5.82 Å². The molecule has 0 N–H and O–H groups in total. The minimum absolute atomic E-state index is 0.328. The Morgan fingerprint density at radius 3 is 3.06 bits per heavy atom. The Morgan fingerprint density at radius 1 is 1.44 bits per heavy atom. The predicted molar refractivity (Wildman–Crippen MR) is 75.6 cm³/mol. The van der Waals surface area contributed by atoms with Crippen molar-refractivity contribution in [2.75, 3.05) is 11.4 Å². The molecule has 1 aliphatic heterocycles. The molecule has 1 aliphatic rings. The summed E-state index contributed by atoms with van der Waals surface area (Å²) in [4.78, 5) is 12.2. The number of nitrogens with zero attached hydrogens (tertiary/aromatic N) is 3. The lowest BCUT2D eigenvalue weighted by atomic mass is 10.0. The highest BCUT2D eigenvalue weighted by molar-refractivity contribution is 7.10. The molecule has 0 aromatic carbocycles. The Hall–Kier alpha value is -1.13. The quantitative estimate of drug-likeness (QED) is 0.747. The van der Waals surface area contributed by atoms with Crippen LogP contribution in [0.4, 0.5) is 5.82 Å². The van der Waals surface area contributed by atoms with Gasteiger partial charge in [-0.3, -0.25) is 0 Å². The lowest BCUT2D eigenvalue weighted by molar-refractivity contribution is 0.628. The Morgan fingerprint density at radius 2 is 2.28 bits per heavy atom. The summed E-state index contributed by atoms with van der Waals surface area (Å²) in [6.45, 7) is 5.15. The van der Waals surface area contributed by atoms with Crippen LogP contribution in [-0.2, 0) is 6.42 Å². The van der Waals surface area contributed by atoms with Crippen molar-refractivity contribution in [2.45, 2.75) is 26.3 Å². The first-order valence-electron chi connectivity index (χ1n) is 5.99. The first-order chi connectivity index (χ1) is 8.65. The highest BCUT2D eigenvalue weighted by Crippen LogP contribution is 2.36. The molecule has 3 nitrogen and oxygen atoms in total. The van der Waals surface area contributed by atoms with E-state index in [0.29, 0.717) is 11.3 Å². The topological polar surface area (TPSA) is 29.0 Å². The number of aromatic nitrogens is 2. The van der Waals surface area contributed by atoms with Crippen LogP contribution in [0.5, 0.6) is 0 Å². The number of rotatable bonds is 1. The third-order valence-corrected chi connectivity index (χ3v) is 4.66. The van der Waals surface area contributed by atoms with Gasteiger partial charge in [-0.05, 0) is 48.9 Å². The van der Waals surface area contributed by atoms with Gasteiger partial charge in [0.05, 0.1) is 6.04 Å². The highest BCUT2D eigenvalue weighted by Gasteiger charge is 2.26. The smallest absolute Gasteiger partial charge is 0.224 e. The molecule has 0 bridgehead atoms. The minimum atomic E-state index is 0.328. The van der Waals surface area contributed by atoms with Gasteiger partial charge in [0, 0.05) is 23.2 Å². The second-order valence-corrected chi connectivity index (χ2v) is 5.85. The summed E-state index contributed by atoms with van der Waals surface area (Å²) in [5.41, 5.74) is 2.38. The van der Waals surface area contributed by atoms with Crippen LogP contribution in [0.3, 0.4) is 0 Å². The van der Waals surface area contributed by atoms with Crippen molar-refractivity contribution in [3.05, 3.63) is 38.9 Å². The zero-order valence-electron chi connectivity index (χ0n) is 10.4. The second kappa shape index (κ2) is 4.52. The molecule has 0 spiro atoms. The summed E-state index contributed by atoms with van der Waals surface area (Å²) < 4.78 is 0. The van der Waals surface area contributed by atoms with E-state index < -0.39 is 0 Å². The fourth-order valence-corrected chi connectivity index (χ4v) is 3.72. The zero-order valence-corrected chi connectivity index (χ0v) is 11.9. The van der Waals surface area contributed by atoms with Crippen LogP contribution < -0.4 is 4.90 Å².